The summed E-state index contributed by atoms with van der Waals surface area (Å²) in [4.78, 5) is 8.56. The Morgan fingerprint density at radius 1 is 0.742 bits per heavy atom. The van der Waals surface area contributed by atoms with Crippen LogP contribution in [0.1, 0.15) is 31.9 Å². The normalized spacial score (nSPS) is 10.3. The maximum atomic E-state index is 4.31. The first-order valence-corrected chi connectivity index (χ1v) is 9.96. The van der Waals surface area contributed by atoms with Crippen molar-refractivity contribution < 1.29 is 20.1 Å². The van der Waals surface area contributed by atoms with Crippen LogP contribution in [0.5, 0.6) is 0 Å². The number of nitrogens with zero attached hydrogens (tertiary/aromatic N) is 2. The molecule has 2 aromatic carbocycles. The van der Waals surface area contributed by atoms with E-state index in [2.05, 4.69) is 67.6 Å². The Hall–Kier alpha value is -2.87. The number of hydrogen-bond donors (Lipinski definition) is 0. The van der Waals surface area contributed by atoms with Crippen LogP contribution < -0.4 is 0 Å². The fourth-order valence-corrected chi connectivity index (χ4v) is 2.82. The Balaban J connectivity index is 0.000000215. The second-order valence-corrected chi connectivity index (χ2v) is 7.91. The molecule has 0 amide bonds. The van der Waals surface area contributed by atoms with E-state index >= 15 is 0 Å². The molecule has 0 unspecified atom stereocenters. The van der Waals surface area contributed by atoms with Gasteiger partial charge in [0.1, 0.15) is 0 Å². The van der Waals surface area contributed by atoms with Crippen LogP contribution in [0.2, 0.25) is 0 Å². The Bertz CT molecular complexity index is 1050. The van der Waals surface area contributed by atoms with Crippen LogP contribution in [0.25, 0.3) is 28.6 Å². The molecule has 4 aromatic rings. The van der Waals surface area contributed by atoms with Gasteiger partial charge in [0, 0.05) is 32.5 Å². The van der Waals surface area contributed by atoms with E-state index in [9.17, 15) is 0 Å². The summed E-state index contributed by atoms with van der Waals surface area (Å²) in [7, 11) is 0. The van der Waals surface area contributed by atoms with Crippen molar-refractivity contribution in [1.29, 1.82) is 0 Å². The van der Waals surface area contributed by atoms with E-state index in [0.29, 0.717) is 0 Å². The average Bonchev–Trinajstić information content (AvgIpc) is 2.80. The molecule has 0 saturated carbocycles. The van der Waals surface area contributed by atoms with Crippen molar-refractivity contribution in [3.8, 4) is 22.5 Å². The van der Waals surface area contributed by atoms with Crippen molar-refractivity contribution in [2.24, 2.45) is 0 Å². The molecule has 0 spiro atoms. The molecule has 0 saturated heterocycles. The molecule has 0 bridgehead atoms. The predicted molar refractivity (Wildman–Crippen MR) is 126 cm³/mol. The zero-order chi connectivity index (χ0) is 21.4. The zero-order valence-corrected chi connectivity index (χ0v) is 20.5. The molecule has 1 radical (unpaired) electrons. The van der Waals surface area contributed by atoms with Gasteiger partial charge in [0.15, 0.2) is 0 Å². The fourth-order valence-electron chi connectivity index (χ4n) is 2.82. The quantitative estimate of drug-likeness (QED) is 0.242. The van der Waals surface area contributed by atoms with Gasteiger partial charge < -0.3 is 9.97 Å². The zero-order valence-electron chi connectivity index (χ0n) is 18.1. The second-order valence-electron chi connectivity index (χ2n) is 7.91. The van der Waals surface area contributed by atoms with Crippen molar-refractivity contribution in [1.82, 2.24) is 9.97 Å². The molecule has 0 fully saturated rings. The molecule has 0 atom stereocenters. The molecule has 2 aromatic heterocycles. The summed E-state index contributed by atoms with van der Waals surface area (Å²) in [6.07, 6.45) is 5.39. The van der Waals surface area contributed by atoms with Crippen molar-refractivity contribution in [3.05, 3.63) is 115 Å². The molecule has 31 heavy (non-hydrogen) atoms. The Morgan fingerprint density at radius 3 is 1.65 bits per heavy atom. The number of aromatic nitrogens is 2. The van der Waals surface area contributed by atoms with Gasteiger partial charge >= 0.3 is 0 Å². The van der Waals surface area contributed by atoms with Crippen LogP contribution in [0.4, 0.5) is 0 Å². The summed E-state index contributed by atoms with van der Waals surface area (Å²) < 4.78 is 0. The van der Waals surface area contributed by atoms with Crippen molar-refractivity contribution >= 4 is 6.08 Å². The van der Waals surface area contributed by atoms with E-state index in [0.717, 1.165) is 28.1 Å². The molecule has 4 rings (SSSR count). The van der Waals surface area contributed by atoms with E-state index in [-0.39, 0.29) is 25.5 Å². The predicted octanol–water partition coefficient (Wildman–Crippen LogP) is 7.04. The molecule has 3 heteroatoms. The SMILES string of the molecule is C=Cc1c[c-]c(-c2ccccn2)cc1.CC(C)(C)c1c[c-]c(-c2ccccn2)cc1.[Ir]. The van der Waals surface area contributed by atoms with Gasteiger partial charge in [-0.05, 0) is 28.9 Å². The molecular formula is C28H26IrN2-2. The molecule has 2 nitrogen and oxygen atoms in total. The minimum absolute atomic E-state index is 0. The van der Waals surface area contributed by atoms with Crippen molar-refractivity contribution in [2.45, 2.75) is 26.2 Å². The van der Waals surface area contributed by atoms with Crippen LogP contribution in [0, 0.1) is 12.1 Å². The summed E-state index contributed by atoms with van der Waals surface area (Å²) in [5.74, 6) is 0. The second kappa shape index (κ2) is 11.5. The fraction of sp³-hybridized carbons (Fsp3) is 0.143. The summed E-state index contributed by atoms with van der Waals surface area (Å²) in [6.45, 7) is 10.3. The van der Waals surface area contributed by atoms with Crippen LogP contribution in [0.3, 0.4) is 0 Å². The maximum absolute atomic E-state index is 4.31. The third kappa shape index (κ3) is 7.10. The maximum Gasteiger partial charge on any atom is 0.0160 e. The van der Waals surface area contributed by atoms with Crippen molar-refractivity contribution in [3.63, 3.8) is 0 Å². The molecule has 2 heterocycles. The van der Waals surface area contributed by atoms with Gasteiger partial charge in [0.05, 0.1) is 0 Å². The third-order valence-corrected chi connectivity index (χ3v) is 4.63. The number of hydrogen-bond acceptors (Lipinski definition) is 2. The summed E-state index contributed by atoms with van der Waals surface area (Å²) in [5, 5.41) is 0. The molecule has 0 aliphatic rings. The smallest absolute Gasteiger partial charge is 0.0160 e. The molecule has 0 aliphatic carbocycles. The van der Waals surface area contributed by atoms with Gasteiger partial charge in [0.25, 0.3) is 0 Å². The van der Waals surface area contributed by atoms with E-state index in [1.165, 1.54) is 5.56 Å². The largest absolute Gasteiger partial charge is 0.305 e. The van der Waals surface area contributed by atoms with E-state index in [4.69, 9.17) is 0 Å². The number of pyridine rings is 2. The average molecular weight is 583 g/mol. The van der Waals surface area contributed by atoms with Crippen molar-refractivity contribution in [2.75, 3.05) is 0 Å². The minimum Gasteiger partial charge on any atom is -0.305 e. The van der Waals surface area contributed by atoms with Gasteiger partial charge in [-0.1, -0.05) is 45.0 Å². The standard InChI is InChI=1S/C15H16N.C13H10N.Ir/c1-15(2,3)13-9-7-12(8-10-13)14-6-4-5-11-16-14;1-2-11-6-8-12(9-7-11)13-5-3-4-10-14-13;/h4-7,9-11H,1-3H3;2-8,10H,1H2;/q2*-1;. The van der Waals surface area contributed by atoms with Crippen LogP contribution >= 0.6 is 0 Å². The first kappa shape index (κ1) is 24.4. The van der Waals surface area contributed by atoms with Crippen LogP contribution in [0.15, 0.2) is 91.8 Å². The van der Waals surface area contributed by atoms with E-state index in [1.807, 2.05) is 54.6 Å². The Morgan fingerprint density at radius 2 is 1.29 bits per heavy atom. The molecule has 159 valence electrons. The summed E-state index contributed by atoms with van der Waals surface area (Å²) in [5.41, 5.74) is 6.53. The van der Waals surface area contributed by atoms with Crippen LogP contribution in [-0.4, -0.2) is 9.97 Å². The number of benzene rings is 2. The first-order valence-electron chi connectivity index (χ1n) is 9.96. The molecule has 0 aliphatic heterocycles. The topological polar surface area (TPSA) is 25.8 Å². The van der Waals surface area contributed by atoms with Gasteiger partial charge in [-0.25, -0.2) is 0 Å². The van der Waals surface area contributed by atoms with E-state index in [1.54, 1.807) is 18.5 Å². The van der Waals surface area contributed by atoms with Gasteiger partial charge in [-0.15, -0.1) is 83.4 Å². The number of rotatable bonds is 3. The molecule has 0 N–H and O–H groups in total. The molecular weight excluding hydrogens is 557 g/mol. The van der Waals surface area contributed by atoms with Gasteiger partial charge in [0.2, 0.25) is 0 Å². The summed E-state index contributed by atoms with van der Waals surface area (Å²) in [6, 6.07) is 30.5. The summed E-state index contributed by atoms with van der Waals surface area (Å²) >= 11 is 0. The van der Waals surface area contributed by atoms with E-state index < -0.39 is 0 Å². The monoisotopic (exact) mass is 583 g/mol. The minimum atomic E-state index is 0. The van der Waals surface area contributed by atoms with Gasteiger partial charge in [-0.2, -0.15) is 0 Å². The third-order valence-electron chi connectivity index (χ3n) is 4.63. The van der Waals surface area contributed by atoms with Gasteiger partial charge in [-0.3, -0.25) is 0 Å². The Labute approximate surface area is 199 Å². The van der Waals surface area contributed by atoms with Crippen LogP contribution in [-0.2, 0) is 25.5 Å². The Kier molecular flexibility index (Phi) is 9.05. The first-order chi connectivity index (χ1) is 14.5.